The van der Waals surface area contributed by atoms with E-state index in [9.17, 15) is 18.0 Å². The van der Waals surface area contributed by atoms with E-state index in [-0.39, 0.29) is 23.4 Å². The number of hydrogen-bond donors (Lipinski definition) is 1. The Morgan fingerprint density at radius 3 is 2.02 bits per heavy atom. The van der Waals surface area contributed by atoms with E-state index in [1.54, 1.807) is 44.2 Å². The molecule has 2 amide bonds. The number of nitrogens with zero attached hydrogens (tertiary/aromatic N) is 2. The number of sulfonamides is 1. The van der Waals surface area contributed by atoms with E-state index in [0.29, 0.717) is 16.3 Å². The summed E-state index contributed by atoms with van der Waals surface area (Å²) >= 11 is 6.17. The summed E-state index contributed by atoms with van der Waals surface area (Å²) in [5.74, 6) is -0.803. The van der Waals surface area contributed by atoms with Crippen LogP contribution in [0.1, 0.15) is 49.4 Å². The molecule has 2 unspecified atom stereocenters. The number of benzene rings is 3. The number of amides is 2. The molecule has 7 nitrogen and oxygen atoms in total. The Hall–Kier alpha value is -3.36. The highest BCUT2D eigenvalue weighted by Crippen LogP contribution is 2.29. The number of anilines is 1. The molecule has 0 bridgehead atoms. The monoisotopic (exact) mass is 583 g/mol. The Bertz CT molecular complexity index is 1440. The first-order valence-corrected chi connectivity index (χ1v) is 15.2. The minimum atomic E-state index is -4.14. The third-order valence-corrected chi connectivity index (χ3v) is 8.97. The summed E-state index contributed by atoms with van der Waals surface area (Å²) in [7, 11) is -4.14. The lowest BCUT2D eigenvalue weighted by Gasteiger charge is -2.33. The molecule has 214 valence electrons. The highest BCUT2D eigenvalue weighted by atomic mass is 35.5. The van der Waals surface area contributed by atoms with Crippen LogP contribution in [0.25, 0.3) is 0 Å². The van der Waals surface area contributed by atoms with Crippen molar-refractivity contribution in [2.24, 2.45) is 0 Å². The number of aryl methyl sites for hydroxylation is 3. The number of hydrogen-bond acceptors (Lipinski definition) is 4. The molecular formula is C31H38ClN3O4S. The summed E-state index contributed by atoms with van der Waals surface area (Å²) in [4.78, 5) is 28.7. The number of halogens is 1. The Morgan fingerprint density at radius 1 is 0.900 bits per heavy atom. The fourth-order valence-electron chi connectivity index (χ4n) is 4.19. The van der Waals surface area contributed by atoms with Crippen LogP contribution in [-0.4, -0.2) is 43.8 Å². The fraction of sp³-hybridized carbons (Fsp3) is 0.355. The zero-order valence-corrected chi connectivity index (χ0v) is 25.5. The van der Waals surface area contributed by atoms with Crippen molar-refractivity contribution in [3.8, 4) is 0 Å². The molecule has 0 fully saturated rings. The van der Waals surface area contributed by atoms with Crippen molar-refractivity contribution in [1.29, 1.82) is 0 Å². The van der Waals surface area contributed by atoms with Gasteiger partial charge in [-0.1, -0.05) is 66.0 Å². The van der Waals surface area contributed by atoms with E-state index in [4.69, 9.17) is 11.6 Å². The predicted molar refractivity (Wildman–Crippen MR) is 161 cm³/mol. The van der Waals surface area contributed by atoms with Gasteiger partial charge < -0.3 is 10.2 Å². The van der Waals surface area contributed by atoms with Crippen LogP contribution in [0.5, 0.6) is 0 Å². The average molecular weight is 584 g/mol. The molecule has 0 radical (unpaired) electrons. The number of carbonyl (C=O) groups is 2. The number of nitrogens with one attached hydrogen (secondary N) is 1. The van der Waals surface area contributed by atoms with Gasteiger partial charge >= 0.3 is 0 Å². The molecular weight excluding hydrogens is 546 g/mol. The summed E-state index contributed by atoms with van der Waals surface area (Å²) in [5, 5.41) is 3.40. The zero-order valence-electron chi connectivity index (χ0n) is 23.9. The maximum absolute atomic E-state index is 14.0. The van der Waals surface area contributed by atoms with Crippen molar-refractivity contribution < 1.29 is 18.0 Å². The molecule has 0 aliphatic heterocycles. The van der Waals surface area contributed by atoms with Crippen molar-refractivity contribution in [1.82, 2.24) is 10.2 Å². The summed E-state index contributed by atoms with van der Waals surface area (Å²) in [5.41, 5.74) is 3.75. The van der Waals surface area contributed by atoms with Crippen LogP contribution >= 0.6 is 11.6 Å². The van der Waals surface area contributed by atoms with Crippen LogP contribution in [-0.2, 0) is 26.2 Å². The number of carbonyl (C=O) groups excluding carboxylic acids is 2. The normalized spacial score (nSPS) is 12.9. The van der Waals surface area contributed by atoms with Gasteiger partial charge in [0, 0.05) is 17.6 Å². The van der Waals surface area contributed by atoms with Gasteiger partial charge in [0.05, 0.1) is 10.6 Å². The first-order valence-electron chi connectivity index (χ1n) is 13.3. The Labute approximate surface area is 243 Å². The van der Waals surface area contributed by atoms with Crippen molar-refractivity contribution in [3.05, 3.63) is 94.0 Å². The summed E-state index contributed by atoms with van der Waals surface area (Å²) in [6.45, 7) is 10.8. The molecule has 1 N–H and O–H groups in total. The molecule has 0 spiro atoms. The summed E-state index contributed by atoms with van der Waals surface area (Å²) < 4.78 is 29.0. The lowest BCUT2D eigenvalue weighted by Crippen LogP contribution is -2.52. The van der Waals surface area contributed by atoms with Gasteiger partial charge in [0.15, 0.2) is 0 Å². The highest BCUT2D eigenvalue weighted by Gasteiger charge is 2.33. The SMILES string of the molecule is CCC(C)NC(=O)C(C)N(Cc1ccc(C)cc1)C(=O)CN(c1ccc(Cl)cc1C)S(=O)(=O)c1ccc(C)cc1. The molecule has 0 aliphatic rings. The van der Waals surface area contributed by atoms with Crippen LogP contribution in [0.2, 0.25) is 5.02 Å². The van der Waals surface area contributed by atoms with Crippen LogP contribution in [0.15, 0.2) is 71.6 Å². The molecule has 0 saturated carbocycles. The van der Waals surface area contributed by atoms with E-state index < -0.39 is 28.5 Å². The molecule has 0 heterocycles. The van der Waals surface area contributed by atoms with Crippen molar-refractivity contribution >= 4 is 39.1 Å². The topological polar surface area (TPSA) is 86.8 Å². The molecule has 3 rings (SSSR count). The van der Waals surface area contributed by atoms with Crippen LogP contribution in [0.3, 0.4) is 0 Å². The van der Waals surface area contributed by atoms with E-state index >= 15 is 0 Å². The van der Waals surface area contributed by atoms with Gasteiger partial charge in [0.2, 0.25) is 11.8 Å². The van der Waals surface area contributed by atoms with E-state index in [1.165, 1.54) is 17.0 Å². The predicted octanol–water partition coefficient (Wildman–Crippen LogP) is 5.79. The van der Waals surface area contributed by atoms with E-state index in [2.05, 4.69) is 5.32 Å². The second kappa shape index (κ2) is 13.3. The van der Waals surface area contributed by atoms with Crippen molar-refractivity contribution in [2.75, 3.05) is 10.8 Å². The van der Waals surface area contributed by atoms with Gasteiger partial charge in [-0.3, -0.25) is 13.9 Å². The van der Waals surface area contributed by atoms with E-state index in [1.807, 2.05) is 52.0 Å². The maximum atomic E-state index is 14.0. The molecule has 0 aliphatic carbocycles. The highest BCUT2D eigenvalue weighted by molar-refractivity contribution is 7.92. The minimum Gasteiger partial charge on any atom is -0.352 e. The lowest BCUT2D eigenvalue weighted by molar-refractivity contribution is -0.139. The summed E-state index contributed by atoms with van der Waals surface area (Å²) in [6, 6.07) is 18.1. The van der Waals surface area contributed by atoms with Crippen LogP contribution in [0, 0.1) is 20.8 Å². The minimum absolute atomic E-state index is 0.0629. The lowest BCUT2D eigenvalue weighted by atomic mass is 10.1. The molecule has 40 heavy (non-hydrogen) atoms. The Balaban J connectivity index is 2.05. The average Bonchev–Trinajstić information content (AvgIpc) is 2.91. The Kier molecular flexibility index (Phi) is 10.4. The first-order chi connectivity index (χ1) is 18.8. The summed E-state index contributed by atoms with van der Waals surface area (Å²) in [6.07, 6.45) is 0.739. The van der Waals surface area contributed by atoms with Gasteiger partial charge in [-0.15, -0.1) is 0 Å². The van der Waals surface area contributed by atoms with Crippen molar-refractivity contribution in [2.45, 2.75) is 71.5 Å². The first kappa shape index (κ1) is 31.2. The molecule has 3 aromatic carbocycles. The van der Waals surface area contributed by atoms with Crippen LogP contribution < -0.4 is 9.62 Å². The van der Waals surface area contributed by atoms with Gasteiger partial charge in [-0.05, 0) is 82.5 Å². The quantitative estimate of drug-likeness (QED) is 0.309. The molecule has 3 aromatic rings. The second-order valence-electron chi connectivity index (χ2n) is 10.3. The molecule has 9 heteroatoms. The van der Waals surface area contributed by atoms with Crippen LogP contribution in [0.4, 0.5) is 5.69 Å². The molecule has 2 atom stereocenters. The van der Waals surface area contributed by atoms with E-state index in [0.717, 1.165) is 27.4 Å². The maximum Gasteiger partial charge on any atom is 0.264 e. The van der Waals surface area contributed by atoms with Gasteiger partial charge in [0.25, 0.3) is 10.0 Å². The Morgan fingerprint density at radius 2 is 1.48 bits per heavy atom. The molecule has 0 aromatic heterocycles. The standard InChI is InChI=1S/C31H38ClN3O4S/c1-7-24(5)33-31(37)25(6)34(19-26-12-8-21(2)9-13-26)30(36)20-35(29-17-14-27(32)18-23(29)4)40(38,39)28-15-10-22(3)11-16-28/h8-18,24-25H,7,19-20H2,1-6H3,(H,33,37). The van der Waals surface area contributed by atoms with Gasteiger partial charge in [-0.2, -0.15) is 0 Å². The zero-order chi connectivity index (χ0) is 29.6. The largest absolute Gasteiger partial charge is 0.352 e. The van der Waals surface area contributed by atoms with Crippen molar-refractivity contribution in [3.63, 3.8) is 0 Å². The third kappa shape index (κ3) is 7.64. The second-order valence-corrected chi connectivity index (χ2v) is 12.6. The van der Waals surface area contributed by atoms with Gasteiger partial charge in [0.1, 0.15) is 12.6 Å². The fourth-order valence-corrected chi connectivity index (χ4v) is 5.89. The molecule has 0 saturated heterocycles. The third-order valence-electron chi connectivity index (χ3n) is 6.96. The number of rotatable bonds is 11. The smallest absolute Gasteiger partial charge is 0.264 e. The van der Waals surface area contributed by atoms with Gasteiger partial charge in [-0.25, -0.2) is 8.42 Å².